The molecule has 2 rings (SSSR count). The number of nitrogens with two attached hydrogens (primary N) is 1. The fourth-order valence-electron chi connectivity index (χ4n) is 1.40. The van der Waals surface area contributed by atoms with E-state index in [1.807, 2.05) is 0 Å². The van der Waals surface area contributed by atoms with Crippen molar-refractivity contribution < 1.29 is 13.9 Å². The van der Waals surface area contributed by atoms with E-state index in [1.165, 1.54) is 18.2 Å². The first kappa shape index (κ1) is 9.96. The second-order valence-corrected chi connectivity index (χ2v) is 3.70. The maximum Gasteiger partial charge on any atom is 0.341 e. The van der Waals surface area contributed by atoms with E-state index in [0.29, 0.717) is 5.69 Å². The van der Waals surface area contributed by atoms with Crippen LogP contribution in [0, 0.1) is 5.82 Å². The van der Waals surface area contributed by atoms with Crippen molar-refractivity contribution in [3.8, 4) is 0 Å². The summed E-state index contributed by atoms with van der Waals surface area (Å²) in [6.45, 7) is 0. The molecule has 1 aromatic rings. The molecular formula is C11H12FNO2. The van der Waals surface area contributed by atoms with Crippen molar-refractivity contribution in [3.05, 3.63) is 29.6 Å². The Bertz CT molecular complexity index is 388. The normalized spacial score (nSPS) is 15.8. The molecule has 0 spiro atoms. The van der Waals surface area contributed by atoms with Crippen LogP contribution in [0.1, 0.15) is 29.6 Å². The molecule has 2 N–H and O–H groups in total. The van der Waals surface area contributed by atoms with E-state index in [9.17, 15) is 9.18 Å². The summed E-state index contributed by atoms with van der Waals surface area (Å²) in [5, 5.41) is 0. The van der Waals surface area contributed by atoms with Gasteiger partial charge < -0.3 is 10.5 Å². The second kappa shape index (κ2) is 3.88. The zero-order valence-electron chi connectivity index (χ0n) is 8.20. The van der Waals surface area contributed by atoms with Gasteiger partial charge in [0, 0.05) is 5.69 Å². The predicted molar refractivity (Wildman–Crippen MR) is 53.9 cm³/mol. The lowest BCUT2D eigenvalue weighted by molar-refractivity contribution is 0.00855. The molecule has 0 aliphatic heterocycles. The minimum atomic E-state index is -0.621. The van der Waals surface area contributed by atoms with Gasteiger partial charge in [-0.05, 0) is 37.5 Å². The zero-order valence-corrected chi connectivity index (χ0v) is 8.20. The third kappa shape index (κ3) is 2.09. The Labute approximate surface area is 87.0 Å². The molecule has 1 aliphatic carbocycles. The molecule has 0 atom stereocenters. The summed E-state index contributed by atoms with van der Waals surface area (Å²) in [4.78, 5) is 11.5. The number of halogens is 1. The van der Waals surface area contributed by atoms with Crippen LogP contribution in [0.2, 0.25) is 0 Å². The highest BCUT2D eigenvalue weighted by Gasteiger charge is 2.23. The van der Waals surface area contributed by atoms with Crippen LogP contribution in [-0.4, -0.2) is 12.1 Å². The lowest BCUT2D eigenvalue weighted by atomic mass is 9.96. The van der Waals surface area contributed by atoms with Crippen molar-refractivity contribution >= 4 is 11.7 Å². The van der Waals surface area contributed by atoms with E-state index >= 15 is 0 Å². The van der Waals surface area contributed by atoms with Gasteiger partial charge in [-0.3, -0.25) is 0 Å². The van der Waals surface area contributed by atoms with Gasteiger partial charge in [0.2, 0.25) is 0 Å². The molecule has 0 amide bonds. The van der Waals surface area contributed by atoms with Crippen molar-refractivity contribution in [2.24, 2.45) is 0 Å². The summed E-state index contributed by atoms with van der Waals surface area (Å²) in [6.07, 6.45) is 2.77. The van der Waals surface area contributed by atoms with E-state index < -0.39 is 11.8 Å². The highest BCUT2D eigenvalue weighted by molar-refractivity contribution is 5.90. The average Bonchev–Trinajstić information content (AvgIpc) is 2.15. The molecular weight excluding hydrogens is 197 g/mol. The number of carbonyl (C=O) groups is 1. The highest BCUT2D eigenvalue weighted by atomic mass is 19.1. The van der Waals surface area contributed by atoms with Gasteiger partial charge in [0.1, 0.15) is 11.9 Å². The Hall–Kier alpha value is -1.58. The van der Waals surface area contributed by atoms with Crippen LogP contribution in [0.15, 0.2) is 18.2 Å². The maximum absolute atomic E-state index is 13.2. The van der Waals surface area contributed by atoms with E-state index in [1.54, 1.807) is 0 Å². The molecule has 0 saturated heterocycles. The number of benzene rings is 1. The third-order valence-electron chi connectivity index (χ3n) is 2.54. The molecule has 3 nitrogen and oxygen atoms in total. The molecule has 0 unspecified atom stereocenters. The molecule has 80 valence electrons. The number of esters is 1. The summed E-state index contributed by atoms with van der Waals surface area (Å²) < 4.78 is 18.3. The number of hydrogen-bond acceptors (Lipinski definition) is 3. The van der Waals surface area contributed by atoms with E-state index in [-0.39, 0.29) is 11.7 Å². The van der Waals surface area contributed by atoms with Gasteiger partial charge in [-0.25, -0.2) is 9.18 Å². The summed E-state index contributed by atoms with van der Waals surface area (Å²) >= 11 is 0. The highest BCUT2D eigenvalue weighted by Crippen LogP contribution is 2.24. The Balaban J connectivity index is 2.12. The molecule has 1 saturated carbocycles. The van der Waals surface area contributed by atoms with Gasteiger partial charge in [0.15, 0.2) is 0 Å². The van der Waals surface area contributed by atoms with Crippen LogP contribution >= 0.6 is 0 Å². The third-order valence-corrected chi connectivity index (χ3v) is 2.54. The Morgan fingerprint density at radius 1 is 1.47 bits per heavy atom. The molecule has 0 bridgehead atoms. The molecule has 1 fully saturated rings. The molecule has 4 heteroatoms. The van der Waals surface area contributed by atoms with Crippen molar-refractivity contribution in [3.63, 3.8) is 0 Å². The van der Waals surface area contributed by atoms with Crippen LogP contribution in [0.25, 0.3) is 0 Å². The van der Waals surface area contributed by atoms with Gasteiger partial charge in [-0.15, -0.1) is 0 Å². The van der Waals surface area contributed by atoms with Gasteiger partial charge in [-0.2, -0.15) is 0 Å². The number of hydrogen-bond donors (Lipinski definition) is 1. The number of rotatable bonds is 2. The lowest BCUT2D eigenvalue weighted by Gasteiger charge is -2.25. The van der Waals surface area contributed by atoms with Crippen LogP contribution < -0.4 is 5.73 Å². The van der Waals surface area contributed by atoms with Crippen molar-refractivity contribution in [2.75, 3.05) is 5.73 Å². The van der Waals surface area contributed by atoms with Gasteiger partial charge >= 0.3 is 5.97 Å². The number of ether oxygens (including phenoxy) is 1. The van der Waals surface area contributed by atoms with E-state index in [2.05, 4.69) is 0 Å². The van der Waals surface area contributed by atoms with E-state index in [0.717, 1.165) is 19.3 Å². The predicted octanol–water partition coefficient (Wildman–Crippen LogP) is 2.12. The topological polar surface area (TPSA) is 52.3 Å². The van der Waals surface area contributed by atoms with Gasteiger partial charge in [0.25, 0.3) is 0 Å². The molecule has 15 heavy (non-hydrogen) atoms. The first-order valence-electron chi connectivity index (χ1n) is 4.93. The Morgan fingerprint density at radius 2 is 2.20 bits per heavy atom. The van der Waals surface area contributed by atoms with Crippen LogP contribution in [-0.2, 0) is 4.74 Å². The summed E-state index contributed by atoms with van der Waals surface area (Å²) in [7, 11) is 0. The largest absolute Gasteiger partial charge is 0.459 e. The maximum atomic E-state index is 13.2. The lowest BCUT2D eigenvalue weighted by Crippen LogP contribution is -2.25. The van der Waals surface area contributed by atoms with Crippen molar-refractivity contribution in [1.82, 2.24) is 0 Å². The monoisotopic (exact) mass is 209 g/mol. The van der Waals surface area contributed by atoms with Crippen LogP contribution in [0.3, 0.4) is 0 Å². The Kier molecular flexibility index (Phi) is 2.58. The molecule has 0 aromatic heterocycles. The zero-order chi connectivity index (χ0) is 10.8. The van der Waals surface area contributed by atoms with Crippen molar-refractivity contribution in [1.29, 1.82) is 0 Å². The SMILES string of the molecule is Nc1ccc(F)c(C(=O)OC2CCC2)c1. The van der Waals surface area contributed by atoms with Gasteiger partial charge in [0.05, 0.1) is 5.56 Å². The van der Waals surface area contributed by atoms with Gasteiger partial charge in [-0.1, -0.05) is 0 Å². The molecule has 1 aliphatic rings. The molecule has 1 aromatic carbocycles. The fourth-order valence-corrected chi connectivity index (χ4v) is 1.40. The molecule has 0 radical (unpaired) electrons. The standard InChI is InChI=1S/C11H12FNO2/c12-10-5-4-7(13)6-9(10)11(14)15-8-2-1-3-8/h4-6,8H,1-3,13H2. The summed E-state index contributed by atoms with van der Waals surface area (Å²) in [5.74, 6) is -1.21. The van der Waals surface area contributed by atoms with E-state index in [4.69, 9.17) is 10.5 Å². The first-order valence-corrected chi connectivity index (χ1v) is 4.93. The van der Waals surface area contributed by atoms with Crippen LogP contribution in [0.5, 0.6) is 0 Å². The Morgan fingerprint density at radius 3 is 2.80 bits per heavy atom. The second-order valence-electron chi connectivity index (χ2n) is 3.70. The fraction of sp³-hybridized carbons (Fsp3) is 0.364. The smallest absolute Gasteiger partial charge is 0.341 e. The number of carbonyl (C=O) groups excluding carboxylic acids is 1. The quantitative estimate of drug-likeness (QED) is 0.599. The average molecular weight is 209 g/mol. The first-order chi connectivity index (χ1) is 7.16. The summed E-state index contributed by atoms with van der Waals surface area (Å²) in [6, 6.07) is 3.89. The summed E-state index contributed by atoms with van der Waals surface area (Å²) in [5.41, 5.74) is 5.74. The van der Waals surface area contributed by atoms with Crippen molar-refractivity contribution in [2.45, 2.75) is 25.4 Å². The number of anilines is 1. The molecule has 0 heterocycles. The minimum Gasteiger partial charge on any atom is -0.459 e. The van der Waals surface area contributed by atoms with Crippen LogP contribution in [0.4, 0.5) is 10.1 Å². The number of nitrogen functional groups attached to an aromatic ring is 1. The minimum absolute atomic E-state index is 0.0432.